The summed E-state index contributed by atoms with van der Waals surface area (Å²) in [6.07, 6.45) is 1.32. The van der Waals surface area contributed by atoms with Gasteiger partial charge in [-0.05, 0) is 36.5 Å². The van der Waals surface area contributed by atoms with Gasteiger partial charge in [-0.15, -0.1) is 0 Å². The fourth-order valence-corrected chi connectivity index (χ4v) is 3.81. The van der Waals surface area contributed by atoms with Crippen LogP contribution < -0.4 is 5.32 Å². The fraction of sp³-hybridized carbons (Fsp3) is 0.556. The lowest BCUT2D eigenvalue weighted by Gasteiger charge is -2.31. The van der Waals surface area contributed by atoms with Crippen LogP contribution >= 0.6 is 0 Å². The average molecular weight is 334 g/mol. The van der Waals surface area contributed by atoms with Crippen LogP contribution in [0.15, 0.2) is 24.3 Å². The number of hydrogen-bond acceptors (Lipinski definition) is 3. The summed E-state index contributed by atoms with van der Waals surface area (Å²) in [6.45, 7) is 3.83. The molecule has 0 radical (unpaired) electrons. The van der Waals surface area contributed by atoms with Crippen molar-refractivity contribution in [2.75, 3.05) is 26.3 Å². The molecule has 1 heterocycles. The molecule has 1 aliphatic carbocycles. The van der Waals surface area contributed by atoms with Gasteiger partial charge in [-0.1, -0.05) is 12.1 Å². The summed E-state index contributed by atoms with van der Waals surface area (Å²) in [5.41, 5.74) is 0.955. The first-order valence-electron chi connectivity index (χ1n) is 8.43. The Morgan fingerprint density at radius 2 is 1.83 bits per heavy atom. The van der Waals surface area contributed by atoms with E-state index in [1.807, 2.05) is 4.90 Å². The molecule has 6 heteroatoms. The van der Waals surface area contributed by atoms with Crippen molar-refractivity contribution in [3.8, 4) is 0 Å². The third kappa shape index (κ3) is 3.75. The van der Waals surface area contributed by atoms with Crippen molar-refractivity contribution >= 4 is 11.8 Å². The predicted molar refractivity (Wildman–Crippen MR) is 86.9 cm³/mol. The molecule has 0 spiro atoms. The van der Waals surface area contributed by atoms with Crippen LogP contribution in [0.4, 0.5) is 4.39 Å². The number of morpholine rings is 1. The van der Waals surface area contributed by atoms with Gasteiger partial charge in [0, 0.05) is 32.0 Å². The van der Waals surface area contributed by atoms with Crippen LogP contribution in [-0.4, -0.2) is 49.1 Å². The molecule has 1 aliphatic heterocycles. The van der Waals surface area contributed by atoms with Crippen molar-refractivity contribution in [3.05, 3.63) is 35.6 Å². The molecule has 2 aliphatic rings. The van der Waals surface area contributed by atoms with Gasteiger partial charge in [-0.25, -0.2) is 4.39 Å². The lowest BCUT2D eigenvalue weighted by Crippen LogP contribution is -2.44. The maximum absolute atomic E-state index is 13.2. The van der Waals surface area contributed by atoms with Crippen LogP contribution in [0.2, 0.25) is 0 Å². The second-order valence-corrected chi connectivity index (χ2v) is 6.57. The highest BCUT2D eigenvalue weighted by Crippen LogP contribution is 2.41. The zero-order valence-electron chi connectivity index (χ0n) is 13.8. The number of carbonyl (C=O) groups excluding carboxylic acids is 2. The molecule has 1 aromatic rings. The van der Waals surface area contributed by atoms with Gasteiger partial charge in [0.15, 0.2) is 0 Å². The summed E-state index contributed by atoms with van der Waals surface area (Å²) in [5.74, 6) is -0.452. The normalized spacial score (nSPS) is 27.1. The first-order valence-corrected chi connectivity index (χ1v) is 8.43. The molecule has 2 fully saturated rings. The maximum Gasteiger partial charge on any atom is 0.226 e. The van der Waals surface area contributed by atoms with E-state index in [1.165, 1.54) is 19.1 Å². The lowest BCUT2D eigenvalue weighted by atomic mass is 9.88. The van der Waals surface area contributed by atoms with E-state index in [2.05, 4.69) is 5.32 Å². The molecule has 1 N–H and O–H groups in total. The Hall–Kier alpha value is -1.95. The molecule has 3 atom stereocenters. The number of nitrogens with one attached hydrogen (secondary N) is 1. The van der Waals surface area contributed by atoms with Crippen LogP contribution in [0.5, 0.6) is 0 Å². The number of benzene rings is 1. The lowest BCUT2D eigenvalue weighted by molar-refractivity contribution is -0.140. The van der Waals surface area contributed by atoms with Crippen LogP contribution in [0, 0.1) is 11.7 Å². The van der Waals surface area contributed by atoms with Gasteiger partial charge in [0.2, 0.25) is 11.8 Å². The molecule has 0 unspecified atom stereocenters. The quantitative estimate of drug-likeness (QED) is 0.915. The minimum atomic E-state index is -0.286. The summed E-state index contributed by atoms with van der Waals surface area (Å²) in [4.78, 5) is 26.2. The number of rotatable bonds is 3. The number of halogens is 1. The van der Waals surface area contributed by atoms with Gasteiger partial charge in [0.1, 0.15) is 5.82 Å². The van der Waals surface area contributed by atoms with Crippen LogP contribution in [0.1, 0.15) is 31.2 Å². The molecular formula is C18H23FN2O3. The number of amides is 2. The van der Waals surface area contributed by atoms with Crippen molar-refractivity contribution in [1.29, 1.82) is 0 Å². The monoisotopic (exact) mass is 334 g/mol. The Morgan fingerprint density at radius 1 is 1.17 bits per heavy atom. The van der Waals surface area contributed by atoms with Crippen molar-refractivity contribution in [2.45, 2.75) is 31.7 Å². The second kappa shape index (κ2) is 7.30. The van der Waals surface area contributed by atoms with Crippen LogP contribution in [0.3, 0.4) is 0 Å². The van der Waals surface area contributed by atoms with Crippen LogP contribution in [0.25, 0.3) is 0 Å². The van der Waals surface area contributed by atoms with Crippen LogP contribution in [-0.2, 0) is 14.3 Å². The number of nitrogens with zero attached hydrogens (tertiary/aromatic N) is 1. The first kappa shape index (κ1) is 16.9. The number of carbonyl (C=O) groups is 2. The molecular weight excluding hydrogens is 311 g/mol. The van der Waals surface area contributed by atoms with Gasteiger partial charge in [0.05, 0.1) is 13.2 Å². The van der Waals surface area contributed by atoms with Crippen molar-refractivity contribution < 1.29 is 18.7 Å². The van der Waals surface area contributed by atoms with Gasteiger partial charge < -0.3 is 15.0 Å². The fourth-order valence-electron chi connectivity index (χ4n) is 3.81. The summed E-state index contributed by atoms with van der Waals surface area (Å²) in [6, 6.07) is 6.33. The maximum atomic E-state index is 13.2. The van der Waals surface area contributed by atoms with Gasteiger partial charge in [-0.3, -0.25) is 9.59 Å². The molecule has 130 valence electrons. The average Bonchev–Trinajstić information content (AvgIpc) is 2.98. The zero-order chi connectivity index (χ0) is 17.1. The number of hydrogen-bond donors (Lipinski definition) is 1. The zero-order valence-corrected chi connectivity index (χ0v) is 13.8. The molecule has 5 nitrogen and oxygen atoms in total. The summed E-state index contributed by atoms with van der Waals surface area (Å²) < 4.78 is 18.5. The van der Waals surface area contributed by atoms with E-state index in [-0.39, 0.29) is 35.5 Å². The minimum absolute atomic E-state index is 0.00204. The van der Waals surface area contributed by atoms with E-state index in [4.69, 9.17) is 4.74 Å². The Balaban J connectivity index is 1.80. The topological polar surface area (TPSA) is 58.6 Å². The minimum Gasteiger partial charge on any atom is -0.378 e. The van der Waals surface area contributed by atoms with Gasteiger partial charge >= 0.3 is 0 Å². The standard InChI is InChI=1S/C18H23FN2O3/c1-12(22)20-15-10-16(13-2-4-14(19)5-3-13)17(11-15)18(23)21-6-8-24-9-7-21/h2-5,15-17H,6-11H2,1H3,(H,20,22)/t15-,16+,17-/m0/s1. The van der Waals surface area contributed by atoms with Crippen molar-refractivity contribution in [3.63, 3.8) is 0 Å². The second-order valence-electron chi connectivity index (χ2n) is 6.57. The van der Waals surface area contributed by atoms with E-state index in [0.29, 0.717) is 39.1 Å². The van der Waals surface area contributed by atoms with E-state index in [9.17, 15) is 14.0 Å². The number of ether oxygens (including phenoxy) is 1. The summed E-state index contributed by atoms with van der Waals surface area (Å²) in [7, 11) is 0. The Kier molecular flexibility index (Phi) is 5.14. The smallest absolute Gasteiger partial charge is 0.226 e. The highest BCUT2D eigenvalue weighted by Gasteiger charge is 2.41. The third-order valence-corrected chi connectivity index (χ3v) is 4.91. The highest BCUT2D eigenvalue weighted by molar-refractivity contribution is 5.81. The highest BCUT2D eigenvalue weighted by atomic mass is 19.1. The Labute approximate surface area is 141 Å². The van der Waals surface area contributed by atoms with E-state index in [0.717, 1.165) is 5.56 Å². The molecule has 0 bridgehead atoms. The molecule has 2 amide bonds. The molecule has 24 heavy (non-hydrogen) atoms. The largest absolute Gasteiger partial charge is 0.378 e. The first-order chi connectivity index (χ1) is 11.5. The van der Waals surface area contributed by atoms with E-state index >= 15 is 0 Å². The Bertz CT molecular complexity index is 599. The molecule has 1 saturated carbocycles. The molecule has 3 rings (SSSR count). The third-order valence-electron chi connectivity index (χ3n) is 4.91. The Morgan fingerprint density at radius 3 is 2.46 bits per heavy atom. The summed E-state index contributed by atoms with van der Waals surface area (Å²) in [5, 5.41) is 2.93. The molecule has 1 saturated heterocycles. The van der Waals surface area contributed by atoms with Gasteiger partial charge in [0.25, 0.3) is 0 Å². The van der Waals surface area contributed by atoms with Crippen molar-refractivity contribution in [1.82, 2.24) is 10.2 Å². The molecule has 0 aromatic heterocycles. The van der Waals surface area contributed by atoms with E-state index in [1.54, 1.807) is 12.1 Å². The summed E-state index contributed by atoms with van der Waals surface area (Å²) >= 11 is 0. The molecule has 1 aromatic carbocycles. The predicted octanol–water partition coefficient (Wildman–Crippen LogP) is 1.68. The van der Waals surface area contributed by atoms with E-state index < -0.39 is 0 Å². The van der Waals surface area contributed by atoms with Crippen molar-refractivity contribution in [2.24, 2.45) is 5.92 Å². The SMILES string of the molecule is CC(=O)N[C@@H]1C[C@H](C(=O)N2CCOCC2)[C@@H](c2ccc(F)cc2)C1. The van der Waals surface area contributed by atoms with Gasteiger partial charge in [-0.2, -0.15) is 0 Å².